The average Bonchev–Trinajstić information content (AvgIpc) is 2.18. The van der Waals surface area contributed by atoms with Crippen molar-refractivity contribution in [2.24, 2.45) is 5.41 Å². The molecule has 1 fully saturated rings. The molecule has 0 bridgehead atoms. The second-order valence-corrected chi connectivity index (χ2v) is 4.88. The first-order valence-corrected chi connectivity index (χ1v) is 5.75. The lowest BCUT2D eigenvalue weighted by atomic mass is 9.71. The van der Waals surface area contributed by atoms with E-state index in [4.69, 9.17) is 5.11 Å². The quantitative estimate of drug-likeness (QED) is 0.822. The topological polar surface area (TPSA) is 66.4 Å². The van der Waals surface area contributed by atoms with E-state index in [0.29, 0.717) is 25.7 Å². The number of halogens is 3. The summed E-state index contributed by atoms with van der Waals surface area (Å²) in [6.07, 6.45) is -3.97. The third-order valence-corrected chi connectivity index (χ3v) is 3.39. The zero-order valence-corrected chi connectivity index (χ0v) is 10.0. The molecule has 0 saturated heterocycles. The molecule has 0 radical (unpaired) electrons. The van der Waals surface area contributed by atoms with Gasteiger partial charge in [-0.3, -0.25) is 9.59 Å². The van der Waals surface area contributed by atoms with Crippen LogP contribution >= 0.6 is 0 Å². The number of amides is 1. The molecule has 2 atom stereocenters. The summed E-state index contributed by atoms with van der Waals surface area (Å²) in [5, 5.41) is 11.3. The Morgan fingerprint density at radius 2 is 2.00 bits per heavy atom. The van der Waals surface area contributed by atoms with Crippen molar-refractivity contribution < 1.29 is 27.9 Å². The largest absolute Gasteiger partial charge is 0.481 e. The highest BCUT2D eigenvalue weighted by Gasteiger charge is 2.44. The number of carboxylic acids is 1. The molecular formula is C11H16F3NO3. The fourth-order valence-corrected chi connectivity index (χ4v) is 2.25. The molecule has 1 rings (SSSR count). The van der Waals surface area contributed by atoms with E-state index in [1.807, 2.05) is 0 Å². The molecule has 2 unspecified atom stereocenters. The Kier molecular flexibility index (Phi) is 4.24. The van der Waals surface area contributed by atoms with Crippen molar-refractivity contribution in [3.05, 3.63) is 0 Å². The van der Waals surface area contributed by atoms with Crippen LogP contribution in [0.3, 0.4) is 0 Å². The Morgan fingerprint density at radius 3 is 2.50 bits per heavy atom. The highest BCUT2D eigenvalue weighted by atomic mass is 19.4. The molecule has 1 aliphatic carbocycles. The first-order chi connectivity index (χ1) is 8.15. The maximum atomic E-state index is 12.0. The van der Waals surface area contributed by atoms with Gasteiger partial charge in [-0.15, -0.1) is 0 Å². The molecule has 18 heavy (non-hydrogen) atoms. The molecule has 0 aromatic carbocycles. The number of rotatable bonds is 3. The third kappa shape index (κ3) is 3.61. The van der Waals surface area contributed by atoms with Gasteiger partial charge in [0.15, 0.2) is 0 Å². The van der Waals surface area contributed by atoms with Crippen molar-refractivity contribution in [1.29, 1.82) is 0 Å². The Bertz CT molecular complexity index is 343. The smallest absolute Gasteiger partial charge is 0.397 e. The summed E-state index contributed by atoms with van der Waals surface area (Å²) < 4.78 is 36.1. The monoisotopic (exact) mass is 267 g/mol. The molecule has 0 aromatic rings. The second kappa shape index (κ2) is 5.16. The van der Waals surface area contributed by atoms with E-state index < -0.39 is 35.9 Å². The summed E-state index contributed by atoms with van der Waals surface area (Å²) in [6.45, 7) is 1.47. The maximum absolute atomic E-state index is 12.0. The van der Waals surface area contributed by atoms with E-state index in [0.717, 1.165) is 0 Å². The molecule has 7 heteroatoms. The lowest BCUT2D eigenvalue weighted by Gasteiger charge is -2.38. The summed E-state index contributed by atoms with van der Waals surface area (Å²) in [6, 6.07) is -0.737. The van der Waals surface area contributed by atoms with Crippen molar-refractivity contribution in [3.63, 3.8) is 0 Å². The van der Waals surface area contributed by atoms with Crippen LogP contribution in [0, 0.1) is 5.41 Å². The molecule has 2 N–H and O–H groups in total. The standard InChI is InChI=1S/C11H16F3NO3/c1-10(9(17)18)5-3-2-4-7(10)15-8(16)6-11(12,13)14/h7H,2-6H2,1H3,(H,15,16)(H,17,18). The van der Waals surface area contributed by atoms with Gasteiger partial charge in [-0.25, -0.2) is 0 Å². The van der Waals surface area contributed by atoms with Crippen LogP contribution in [0.1, 0.15) is 39.0 Å². The Balaban J connectivity index is 2.69. The van der Waals surface area contributed by atoms with Gasteiger partial charge in [0.2, 0.25) is 5.91 Å². The van der Waals surface area contributed by atoms with Crippen LogP contribution in [0.5, 0.6) is 0 Å². The van der Waals surface area contributed by atoms with E-state index in [1.165, 1.54) is 6.92 Å². The highest BCUT2D eigenvalue weighted by molar-refractivity contribution is 5.80. The number of carbonyl (C=O) groups excluding carboxylic acids is 1. The Labute approximate surface area is 103 Å². The van der Waals surface area contributed by atoms with Crippen LogP contribution in [-0.4, -0.2) is 29.2 Å². The van der Waals surface area contributed by atoms with Gasteiger partial charge >= 0.3 is 12.1 Å². The number of aliphatic carboxylic acids is 1. The minimum absolute atomic E-state index is 0.360. The predicted molar refractivity (Wildman–Crippen MR) is 56.8 cm³/mol. The molecule has 104 valence electrons. The fourth-order valence-electron chi connectivity index (χ4n) is 2.25. The predicted octanol–water partition coefficient (Wildman–Crippen LogP) is 2.09. The molecule has 1 saturated carbocycles. The van der Waals surface area contributed by atoms with Crippen molar-refractivity contribution in [1.82, 2.24) is 5.32 Å². The first-order valence-electron chi connectivity index (χ1n) is 5.75. The zero-order chi connectivity index (χ0) is 14.0. The third-order valence-electron chi connectivity index (χ3n) is 3.39. The van der Waals surface area contributed by atoms with Crippen LogP contribution in [0.25, 0.3) is 0 Å². The van der Waals surface area contributed by atoms with Gasteiger partial charge in [0.05, 0.1) is 5.41 Å². The van der Waals surface area contributed by atoms with Gasteiger partial charge in [-0.1, -0.05) is 12.8 Å². The number of alkyl halides is 3. The van der Waals surface area contributed by atoms with E-state index in [1.54, 1.807) is 0 Å². The minimum Gasteiger partial charge on any atom is -0.481 e. The molecule has 1 aliphatic rings. The van der Waals surface area contributed by atoms with Crippen LogP contribution in [-0.2, 0) is 9.59 Å². The molecule has 0 aliphatic heterocycles. The van der Waals surface area contributed by atoms with Crippen LogP contribution in [0.4, 0.5) is 13.2 Å². The van der Waals surface area contributed by atoms with Crippen molar-refractivity contribution >= 4 is 11.9 Å². The average molecular weight is 267 g/mol. The molecule has 0 heterocycles. The number of hydrogen-bond acceptors (Lipinski definition) is 2. The Morgan fingerprint density at radius 1 is 1.39 bits per heavy atom. The highest BCUT2D eigenvalue weighted by Crippen LogP contribution is 2.36. The normalized spacial score (nSPS) is 28.8. The maximum Gasteiger partial charge on any atom is 0.397 e. The van der Waals surface area contributed by atoms with Crippen LogP contribution in [0.15, 0.2) is 0 Å². The summed E-state index contributed by atoms with van der Waals surface area (Å²) in [5.74, 6) is -2.25. The van der Waals surface area contributed by atoms with Crippen molar-refractivity contribution in [2.45, 2.75) is 51.2 Å². The number of nitrogens with one attached hydrogen (secondary N) is 1. The molecule has 4 nitrogen and oxygen atoms in total. The summed E-state index contributed by atoms with van der Waals surface area (Å²) >= 11 is 0. The summed E-state index contributed by atoms with van der Waals surface area (Å²) in [5.41, 5.74) is -1.18. The molecule has 0 spiro atoms. The second-order valence-electron chi connectivity index (χ2n) is 4.88. The van der Waals surface area contributed by atoms with Gasteiger partial charge in [0.25, 0.3) is 0 Å². The van der Waals surface area contributed by atoms with Gasteiger partial charge in [-0.05, 0) is 19.8 Å². The van der Waals surface area contributed by atoms with E-state index in [2.05, 4.69) is 5.32 Å². The van der Waals surface area contributed by atoms with E-state index in [-0.39, 0.29) is 0 Å². The SMILES string of the molecule is CC1(C(=O)O)CCCCC1NC(=O)CC(F)(F)F. The molecular weight excluding hydrogens is 251 g/mol. The van der Waals surface area contributed by atoms with Gasteiger partial charge in [0, 0.05) is 6.04 Å². The number of carbonyl (C=O) groups is 2. The van der Waals surface area contributed by atoms with Gasteiger partial charge in [-0.2, -0.15) is 13.2 Å². The van der Waals surface area contributed by atoms with Crippen molar-refractivity contribution in [3.8, 4) is 0 Å². The Hall–Kier alpha value is -1.27. The zero-order valence-electron chi connectivity index (χ0n) is 10.0. The van der Waals surface area contributed by atoms with Crippen molar-refractivity contribution in [2.75, 3.05) is 0 Å². The molecule has 1 amide bonds. The molecule has 0 aromatic heterocycles. The van der Waals surface area contributed by atoms with E-state index >= 15 is 0 Å². The van der Waals surface area contributed by atoms with Gasteiger partial charge in [0.1, 0.15) is 6.42 Å². The van der Waals surface area contributed by atoms with Crippen LogP contribution < -0.4 is 5.32 Å². The first kappa shape index (κ1) is 14.8. The minimum atomic E-state index is -4.57. The van der Waals surface area contributed by atoms with E-state index in [9.17, 15) is 22.8 Å². The fraction of sp³-hybridized carbons (Fsp3) is 0.818. The summed E-state index contributed by atoms with van der Waals surface area (Å²) in [4.78, 5) is 22.4. The summed E-state index contributed by atoms with van der Waals surface area (Å²) in [7, 11) is 0. The lowest BCUT2D eigenvalue weighted by Crippen LogP contribution is -2.52. The number of hydrogen-bond donors (Lipinski definition) is 2. The lowest BCUT2D eigenvalue weighted by molar-refractivity contribution is -0.157. The van der Waals surface area contributed by atoms with Gasteiger partial charge < -0.3 is 10.4 Å². The van der Waals surface area contributed by atoms with Crippen LogP contribution in [0.2, 0.25) is 0 Å². The number of carboxylic acid groups (broad SMARTS) is 1.